The first-order chi connectivity index (χ1) is 24.8. The van der Waals surface area contributed by atoms with Crippen LogP contribution in [0.5, 0.6) is 23.0 Å². The van der Waals surface area contributed by atoms with E-state index in [1.54, 1.807) is 0 Å². The molecular formula is C51H72O4. The topological polar surface area (TPSA) is 80.9 Å². The lowest BCUT2D eigenvalue weighted by Crippen LogP contribution is -2.31. The molecule has 0 atom stereocenters. The number of hydrogen-bond acceptors (Lipinski definition) is 4. The predicted molar refractivity (Wildman–Crippen MR) is 233 cm³/mol. The number of rotatable bonds is 8. The van der Waals surface area contributed by atoms with Gasteiger partial charge in [0.2, 0.25) is 0 Å². The Balaban J connectivity index is 2.03. The minimum atomic E-state index is -0.475. The molecule has 0 heterocycles. The molecule has 300 valence electrons. The Morgan fingerprint density at radius 3 is 0.655 bits per heavy atom. The molecule has 0 aliphatic heterocycles. The van der Waals surface area contributed by atoms with Crippen molar-refractivity contribution in [1.82, 2.24) is 0 Å². The van der Waals surface area contributed by atoms with Gasteiger partial charge < -0.3 is 20.4 Å². The quantitative estimate of drug-likeness (QED) is 0.145. The van der Waals surface area contributed by atoms with Crippen molar-refractivity contribution in [1.29, 1.82) is 0 Å². The first kappa shape index (κ1) is 43.8. The van der Waals surface area contributed by atoms with E-state index in [2.05, 4.69) is 149 Å². The smallest absolute Gasteiger partial charge is 0.119 e. The molecule has 0 aliphatic rings. The fourth-order valence-corrected chi connectivity index (χ4v) is 9.18. The normalized spacial score (nSPS) is 13.4. The van der Waals surface area contributed by atoms with Crippen molar-refractivity contribution < 1.29 is 20.4 Å². The van der Waals surface area contributed by atoms with E-state index < -0.39 is 10.8 Å². The number of benzene rings is 4. The van der Waals surface area contributed by atoms with E-state index in [0.717, 1.165) is 63.8 Å². The Bertz CT molecular complexity index is 1780. The zero-order valence-electron chi connectivity index (χ0n) is 37.5. The summed E-state index contributed by atoms with van der Waals surface area (Å²) in [6, 6.07) is 16.6. The Kier molecular flexibility index (Phi) is 11.6. The number of hydrogen-bond donors (Lipinski definition) is 4. The van der Waals surface area contributed by atoms with Gasteiger partial charge in [-0.25, -0.2) is 0 Å². The van der Waals surface area contributed by atoms with Gasteiger partial charge in [0, 0.05) is 10.8 Å². The van der Waals surface area contributed by atoms with Gasteiger partial charge >= 0.3 is 0 Å². The van der Waals surface area contributed by atoms with E-state index in [-0.39, 0.29) is 21.7 Å². The van der Waals surface area contributed by atoms with E-state index in [1.807, 2.05) is 24.3 Å². The van der Waals surface area contributed by atoms with Gasteiger partial charge in [-0.15, -0.1) is 0 Å². The second-order valence-corrected chi connectivity index (χ2v) is 21.3. The van der Waals surface area contributed by atoms with Gasteiger partial charge in [-0.05, 0) is 153 Å². The lowest BCUT2D eigenvalue weighted by atomic mass is 9.64. The van der Waals surface area contributed by atoms with Crippen LogP contribution >= 0.6 is 0 Å². The lowest BCUT2D eigenvalue weighted by Gasteiger charge is -2.40. The highest BCUT2D eigenvalue weighted by molar-refractivity contribution is 5.57. The van der Waals surface area contributed by atoms with Crippen molar-refractivity contribution in [2.45, 2.75) is 176 Å². The van der Waals surface area contributed by atoms with Crippen LogP contribution in [0.4, 0.5) is 0 Å². The van der Waals surface area contributed by atoms with E-state index in [0.29, 0.717) is 23.0 Å². The zero-order chi connectivity index (χ0) is 42.0. The lowest BCUT2D eigenvalue weighted by molar-refractivity contribution is 0.410. The first-order valence-corrected chi connectivity index (χ1v) is 20.2. The van der Waals surface area contributed by atoms with Gasteiger partial charge in [0.1, 0.15) is 23.0 Å². The molecular weight excluding hydrogens is 677 g/mol. The summed E-state index contributed by atoms with van der Waals surface area (Å²) in [5.74, 6) is 1.26. The van der Waals surface area contributed by atoms with Gasteiger partial charge in [-0.3, -0.25) is 0 Å². The summed E-state index contributed by atoms with van der Waals surface area (Å²) in [7, 11) is 0. The molecule has 0 fully saturated rings. The maximum atomic E-state index is 11.2. The molecule has 4 nitrogen and oxygen atoms in total. The molecule has 0 saturated heterocycles. The summed E-state index contributed by atoms with van der Waals surface area (Å²) in [6.07, 6.45) is 2.46. The number of phenolic OH excluding ortho intramolecular Hbond substituents is 4. The van der Waals surface area contributed by atoms with Gasteiger partial charge in [-0.2, -0.15) is 0 Å². The summed E-state index contributed by atoms with van der Waals surface area (Å²) in [5, 5.41) is 45.0. The molecule has 4 heteroatoms. The third kappa shape index (κ3) is 8.59. The predicted octanol–water partition coefficient (Wildman–Crippen LogP) is 13.4. The number of aromatic hydroxyl groups is 4. The molecule has 0 bridgehead atoms. The van der Waals surface area contributed by atoms with Crippen LogP contribution in [-0.4, -0.2) is 20.4 Å². The monoisotopic (exact) mass is 749 g/mol. The Morgan fingerprint density at radius 1 is 0.309 bits per heavy atom. The molecule has 0 aliphatic carbocycles. The average molecular weight is 749 g/mol. The minimum absolute atomic E-state index is 0.269. The zero-order valence-corrected chi connectivity index (χ0v) is 37.5. The van der Waals surface area contributed by atoms with Crippen LogP contribution in [0.3, 0.4) is 0 Å². The number of aryl methyl sites for hydroxylation is 4. The van der Waals surface area contributed by atoms with Crippen LogP contribution in [0, 0.1) is 27.7 Å². The van der Waals surface area contributed by atoms with Crippen LogP contribution in [-0.2, 0) is 32.5 Å². The Hall–Kier alpha value is -3.92. The first-order valence-electron chi connectivity index (χ1n) is 20.2. The van der Waals surface area contributed by atoms with Gasteiger partial charge in [0.25, 0.3) is 0 Å². The van der Waals surface area contributed by atoms with Crippen molar-refractivity contribution in [2.24, 2.45) is 0 Å². The molecule has 4 N–H and O–H groups in total. The average Bonchev–Trinajstić information content (AvgIpc) is 2.98. The Labute approximate surface area is 334 Å². The summed E-state index contributed by atoms with van der Waals surface area (Å²) >= 11 is 0. The van der Waals surface area contributed by atoms with Crippen molar-refractivity contribution in [3.8, 4) is 23.0 Å². The second kappa shape index (κ2) is 14.5. The minimum Gasteiger partial charge on any atom is -0.508 e. The molecule has 4 aromatic carbocycles. The van der Waals surface area contributed by atoms with Gasteiger partial charge in [0.05, 0.1) is 0 Å². The molecule has 0 aromatic heterocycles. The molecule has 0 spiro atoms. The largest absolute Gasteiger partial charge is 0.508 e. The number of phenols is 4. The maximum Gasteiger partial charge on any atom is 0.119 e. The van der Waals surface area contributed by atoms with E-state index in [9.17, 15) is 20.4 Å². The fourth-order valence-electron chi connectivity index (χ4n) is 9.18. The molecule has 4 rings (SSSR count). The summed E-state index contributed by atoms with van der Waals surface area (Å²) in [4.78, 5) is 0. The fraction of sp³-hybridized carbons (Fsp3) is 0.529. The summed E-state index contributed by atoms with van der Waals surface area (Å²) in [6.45, 7) is 38.8. The van der Waals surface area contributed by atoms with Crippen LogP contribution < -0.4 is 0 Å². The van der Waals surface area contributed by atoms with Crippen LogP contribution in [0.1, 0.15) is 183 Å². The van der Waals surface area contributed by atoms with Crippen molar-refractivity contribution in [3.05, 3.63) is 115 Å². The van der Waals surface area contributed by atoms with Crippen LogP contribution in [0.15, 0.2) is 48.5 Å². The highest BCUT2D eigenvalue weighted by Gasteiger charge is 2.39. The molecule has 0 amide bonds. The van der Waals surface area contributed by atoms with Crippen LogP contribution in [0.25, 0.3) is 0 Å². The maximum absolute atomic E-state index is 11.2. The van der Waals surface area contributed by atoms with Crippen molar-refractivity contribution in [2.75, 3.05) is 0 Å². The second-order valence-electron chi connectivity index (χ2n) is 21.3. The SMILES string of the molecule is Cc1cc(O)c(C(C)(C)C)cc1C(C)(CCCC(C)(c1cc(C(C)(C)C)c(O)cc1C)c1cc(C(C)(C)C)c(O)cc1C)c1cc(C(C)(C)C)c(O)cc1C. The molecule has 0 saturated carbocycles. The van der Waals surface area contributed by atoms with E-state index >= 15 is 0 Å². The standard InChI is InChI=1S/C51H72O4/c1-30-22-42(52)38(46(5,6)7)26-34(30)50(17,35-27-39(47(8,9)10)43(53)23-31(35)2)20-19-21-51(18,36-28-40(48(11,12)13)44(54)24-32(36)3)37-29-41(49(14,15)16)45(55)25-33(37)4/h22-29,52-55H,19-21H2,1-18H3. The van der Waals surface area contributed by atoms with Crippen molar-refractivity contribution in [3.63, 3.8) is 0 Å². The van der Waals surface area contributed by atoms with Gasteiger partial charge in [0.15, 0.2) is 0 Å². The molecule has 0 unspecified atom stereocenters. The van der Waals surface area contributed by atoms with E-state index in [1.165, 1.54) is 22.3 Å². The van der Waals surface area contributed by atoms with Crippen molar-refractivity contribution >= 4 is 0 Å². The summed E-state index contributed by atoms with van der Waals surface area (Å²) < 4.78 is 0. The molecule has 4 aromatic rings. The summed E-state index contributed by atoms with van der Waals surface area (Å²) in [5.41, 5.74) is 10.5. The third-order valence-electron chi connectivity index (χ3n) is 12.3. The molecule has 55 heavy (non-hydrogen) atoms. The van der Waals surface area contributed by atoms with E-state index in [4.69, 9.17) is 0 Å². The van der Waals surface area contributed by atoms with Crippen LogP contribution in [0.2, 0.25) is 0 Å². The Morgan fingerprint density at radius 2 is 0.491 bits per heavy atom. The van der Waals surface area contributed by atoms with Gasteiger partial charge in [-0.1, -0.05) is 128 Å². The molecule has 0 radical (unpaired) electrons. The third-order valence-corrected chi connectivity index (χ3v) is 12.3. The highest BCUT2D eigenvalue weighted by atomic mass is 16.3. The highest BCUT2D eigenvalue weighted by Crippen LogP contribution is 2.50.